The number of sulfonamides is 1. The lowest BCUT2D eigenvalue weighted by atomic mass is 10.1. The van der Waals surface area contributed by atoms with E-state index < -0.39 is 21.8 Å². The fourth-order valence-electron chi connectivity index (χ4n) is 3.35. The highest BCUT2D eigenvalue weighted by Crippen LogP contribution is 2.24. The van der Waals surface area contributed by atoms with Crippen LogP contribution in [0.25, 0.3) is 0 Å². The van der Waals surface area contributed by atoms with E-state index in [0.29, 0.717) is 17.7 Å². The molecule has 0 saturated heterocycles. The Morgan fingerprint density at radius 1 is 0.933 bits per heavy atom. The molecule has 1 aliphatic heterocycles. The Bertz CT molecular complexity index is 1200. The molecule has 152 valence electrons. The van der Waals surface area contributed by atoms with Gasteiger partial charge in [0.2, 0.25) is 0 Å². The fourth-order valence-corrected chi connectivity index (χ4v) is 4.45. The second-order valence-electron chi connectivity index (χ2n) is 6.86. The number of nitrogens with zero attached hydrogens (tertiary/aromatic N) is 2. The average molecular weight is 421 g/mol. The van der Waals surface area contributed by atoms with Gasteiger partial charge in [-0.1, -0.05) is 37.3 Å². The molecule has 30 heavy (non-hydrogen) atoms. The van der Waals surface area contributed by atoms with Gasteiger partial charge in [-0.2, -0.15) is 0 Å². The number of aryl methyl sites for hydroxylation is 1. The minimum Gasteiger partial charge on any atom is -0.279 e. The molecule has 7 nitrogen and oxygen atoms in total. The van der Waals surface area contributed by atoms with Gasteiger partial charge in [0.25, 0.3) is 21.8 Å². The molecule has 1 aliphatic rings. The molecule has 0 bridgehead atoms. The van der Waals surface area contributed by atoms with Crippen LogP contribution in [0.3, 0.4) is 0 Å². The summed E-state index contributed by atoms with van der Waals surface area (Å²) < 4.78 is 28.1. The van der Waals surface area contributed by atoms with Crippen LogP contribution in [-0.2, 0) is 23.0 Å². The standard InChI is InChI=1S/C22H19N3O4S/c1-2-16-6-3-4-8-19(16)24-30(28,29)17-11-9-15(10-12-17)14-25-21(26)18-7-5-13-23-20(18)22(25)27/h3-13,24H,2,14H2,1H3. The number of benzene rings is 2. The molecule has 2 aromatic carbocycles. The minimum atomic E-state index is -3.76. The molecule has 2 heterocycles. The highest BCUT2D eigenvalue weighted by Gasteiger charge is 2.36. The van der Waals surface area contributed by atoms with Crippen LogP contribution in [0.15, 0.2) is 71.8 Å². The lowest BCUT2D eigenvalue weighted by Gasteiger charge is -2.15. The molecule has 0 radical (unpaired) electrons. The normalized spacial score (nSPS) is 13.4. The van der Waals surface area contributed by atoms with Crippen molar-refractivity contribution < 1.29 is 18.0 Å². The molecule has 0 spiro atoms. The monoisotopic (exact) mass is 421 g/mol. The second-order valence-corrected chi connectivity index (χ2v) is 8.54. The fraction of sp³-hybridized carbons (Fsp3) is 0.136. The summed E-state index contributed by atoms with van der Waals surface area (Å²) in [6, 6.07) is 16.5. The zero-order chi connectivity index (χ0) is 21.3. The van der Waals surface area contributed by atoms with Gasteiger partial charge in [0.15, 0.2) is 0 Å². The number of nitrogens with one attached hydrogen (secondary N) is 1. The molecule has 1 N–H and O–H groups in total. The van der Waals surface area contributed by atoms with Crippen molar-refractivity contribution in [2.24, 2.45) is 0 Å². The van der Waals surface area contributed by atoms with Crippen LogP contribution in [0.5, 0.6) is 0 Å². The maximum absolute atomic E-state index is 12.7. The van der Waals surface area contributed by atoms with Gasteiger partial charge in [0, 0.05) is 6.20 Å². The van der Waals surface area contributed by atoms with Gasteiger partial charge in [-0.3, -0.25) is 24.2 Å². The number of anilines is 1. The van der Waals surface area contributed by atoms with E-state index in [1.54, 1.807) is 36.4 Å². The zero-order valence-corrected chi connectivity index (χ0v) is 17.0. The van der Waals surface area contributed by atoms with Crippen molar-refractivity contribution in [3.05, 3.63) is 89.2 Å². The van der Waals surface area contributed by atoms with Gasteiger partial charge in [-0.25, -0.2) is 8.42 Å². The van der Waals surface area contributed by atoms with E-state index in [4.69, 9.17) is 0 Å². The number of imide groups is 1. The van der Waals surface area contributed by atoms with E-state index in [0.717, 1.165) is 10.5 Å². The predicted molar refractivity (Wildman–Crippen MR) is 112 cm³/mol. The smallest absolute Gasteiger partial charge is 0.279 e. The first-order valence-corrected chi connectivity index (χ1v) is 10.9. The molecule has 3 aromatic rings. The summed E-state index contributed by atoms with van der Waals surface area (Å²) >= 11 is 0. The van der Waals surface area contributed by atoms with Crippen molar-refractivity contribution in [3.8, 4) is 0 Å². The Morgan fingerprint density at radius 3 is 2.37 bits per heavy atom. The van der Waals surface area contributed by atoms with E-state index in [9.17, 15) is 18.0 Å². The van der Waals surface area contributed by atoms with Gasteiger partial charge in [0.1, 0.15) is 5.69 Å². The number of para-hydroxylation sites is 1. The largest absolute Gasteiger partial charge is 0.280 e. The quantitative estimate of drug-likeness (QED) is 0.617. The van der Waals surface area contributed by atoms with Crippen LogP contribution < -0.4 is 4.72 Å². The highest BCUT2D eigenvalue weighted by atomic mass is 32.2. The Morgan fingerprint density at radius 2 is 1.67 bits per heavy atom. The Hall–Kier alpha value is -3.52. The van der Waals surface area contributed by atoms with Crippen molar-refractivity contribution in [3.63, 3.8) is 0 Å². The second kappa shape index (κ2) is 7.72. The van der Waals surface area contributed by atoms with Crippen LogP contribution in [0, 0.1) is 0 Å². The van der Waals surface area contributed by atoms with E-state index in [1.165, 1.54) is 18.3 Å². The van der Waals surface area contributed by atoms with Crippen LogP contribution in [0.1, 0.15) is 38.9 Å². The van der Waals surface area contributed by atoms with Gasteiger partial charge >= 0.3 is 0 Å². The summed E-state index contributed by atoms with van der Waals surface area (Å²) in [6.45, 7) is 2.00. The number of amides is 2. The van der Waals surface area contributed by atoms with Crippen molar-refractivity contribution in [1.82, 2.24) is 9.88 Å². The number of hydrogen-bond donors (Lipinski definition) is 1. The molecule has 4 rings (SSSR count). The number of hydrogen-bond acceptors (Lipinski definition) is 5. The number of aromatic nitrogens is 1. The molecule has 0 aliphatic carbocycles. The molecule has 0 unspecified atom stereocenters. The molecule has 0 saturated carbocycles. The average Bonchev–Trinajstić information content (AvgIpc) is 2.99. The highest BCUT2D eigenvalue weighted by molar-refractivity contribution is 7.92. The third kappa shape index (κ3) is 3.57. The Labute approximate surface area is 174 Å². The first-order valence-electron chi connectivity index (χ1n) is 9.41. The first kappa shape index (κ1) is 19.8. The maximum Gasteiger partial charge on any atom is 0.280 e. The minimum absolute atomic E-state index is 0.0421. The third-order valence-electron chi connectivity index (χ3n) is 4.95. The van der Waals surface area contributed by atoms with E-state index in [1.807, 2.05) is 19.1 Å². The van der Waals surface area contributed by atoms with Crippen molar-refractivity contribution in [1.29, 1.82) is 0 Å². The molecule has 2 amide bonds. The zero-order valence-electron chi connectivity index (χ0n) is 16.2. The van der Waals surface area contributed by atoms with Gasteiger partial charge in [-0.05, 0) is 47.9 Å². The SMILES string of the molecule is CCc1ccccc1NS(=O)(=O)c1ccc(CN2C(=O)c3cccnc3C2=O)cc1. The Balaban J connectivity index is 1.52. The topological polar surface area (TPSA) is 96.4 Å². The number of pyridine rings is 1. The van der Waals surface area contributed by atoms with E-state index >= 15 is 0 Å². The van der Waals surface area contributed by atoms with Crippen molar-refractivity contribution in [2.45, 2.75) is 24.8 Å². The Kier molecular flexibility index (Phi) is 5.09. The summed E-state index contributed by atoms with van der Waals surface area (Å²) in [5.74, 6) is -0.859. The lowest BCUT2D eigenvalue weighted by Crippen LogP contribution is -2.29. The van der Waals surface area contributed by atoms with E-state index in [-0.39, 0.29) is 22.7 Å². The molecule has 8 heteroatoms. The predicted octanol–water partition coefficient (Wildman–Crippen LogP) is 3.24. The van der Waals surface area contributed by atoms with Gasteiger partial charge in [0.05, 0.1) is 22.7 Å². The summed E-state index contributed by atoms with van der Waals surface area (Å²) in [7, 11) is -3.76. The lowest BCUT2D eigenvalue weighted by molar-refractivity contribution is 0.0640. The third-order valence-corrected chi connectivity index (χ3v) is 6.33. The summed E-state index contributed by atoms with van der Waals surface area (Å²) in [5, 5.41) is 0. The maximum atomic E-state index is 12.7. The van der Waals surface area contributed by atoms with Crippen molar-refractivity contribution >= 4 is 27.5 Å². The number of rotatable bonds is 6. The molecule has 1 aromatic heterocycles. The van der Waals surface area contributed by atoms with Crippen molar-refractivity contribution in [2.75, 3.05) is 4.72 Å². The number of carbonyl (C=O) groups is 2. The summed E-state index contributed by atoms with van der Waals surface area (Å²) in [5.41, 5.74) is 2.50. The van der Waals surface area contributed by atoms with Crippen LogP contribution in [-0.4, -0.2) is 30.1 Å². The molecule has 0 atom stereocenters. The van der Waals surface area contributed by atoms with Crippen LogP contribution in [0.2, 0.25) is 0 Å². The first-order chi connectivity index (χ1) is 14.4. The summed E-state index contributed by atoms with van der Waals surface area (Å²) in [4.78, 5) is 30.1. The van der Waals surface area contributed by atoms with Gasteiger partial charge < -0.3 is 0 Å². The van der Waals surface area contributed by atoms with E-state index in [2.05, 4.69) is 9.71 Å². The molecular weight excluding hydrogens is 402 g/mol. The number of carbonyl (C=O) groups excluding carboxylic acids is 2. The molecule has 0 fully saturated rings. The number of fused-ring (bicyclic) bond motifs is 1. The van der Waals surface area contributed by atoms with Crippen LogP contribution in [0.4, 0.5) is 5.69 Å². The van der Waals surface area contributed by atoms with Gasteiger partial charge in [-0.15, -0.1) is 0 Å². The molecular formula is C22H19N3O4S. The van der Waals surface area contributed by atoms with Crippen LogP contribution >= 0.6 is 0 Å². The summed E-state index contributed by atoms with van der Waals surface area (Å²) in [6.07, 6.45) is 2.17.